The summed E-state index contributed by atoms with van der Waals surface area (Å²) in [4.78, 5) is 28.4. The number of anilines is 2. The van der Waals surface area contributed by atoms with Gasteiger partial charge in [-0.15, -0.1) is 11.3 Å². The predicted octanol–water partition coefficient (Wildman–Crippen LogP) is 4.23. The quantitative estimate of drug-likeness (QED) is 0.715. The topological polar surface area (TPSA) is 83.1 Å². The highest BCUT2D eigenvalue weighted by molar-refractivity contribution is 7.13. The molecule has 0 aliphatic heterocycles. The van der Waals surface area contributed by atoms with Gasteiger partial charge >= 0.3 is 6.03 Å². The smallest absolute Gasteiger partial charge is 0.321 e. The van der Waals surface area contributed by atoms with Crippen molar-refractivity contribution < 1.29 is 14.0 Å². The molecule has 27 heavy (non-hydrogen) atoms. The largest absolute Gasteiger partial charge is 0.335 e. The van der Waals surface area contributed by atoms with E-state index in [2.05, 4.69) is 20.9 Å². The van der Waals surface area contributed by atoms with E-state index < -0.39 is 0 Å². The van der Waals surface area contributed by atoms with E-state index in [0.29, 0.717) is 22.1 Å². The van der Waals surface area contributed by atoms with Crippen LogP contribution in [-0.4, -0.2) is 23.0 Å². The normalized spacial score (nSPS) is 14.6. The van der Waals surface area contributed by atoms with Crippen LogP contribution in [0.15, 0.2) is 23.6 Å². The minimum Gasteiger partial charge on any atom is -0.335 e. The number of nitrogens with zero attached hydrogens (tertiary/aromatic N) is 1. The average molecular weight is 390 g/mol. The van der Waals surface area contributed by atoms with E-state index in [1.165, 1.54) is 23.8 Å². The van der Waals surface area contributed by atoms with Crippen molar-refractivity contribution in [1.29, 1.82) is 0 Å². The van der Waals surface area contributed by atoms with Crippen molar-refractivity contribution in [2.24, 2.45) is 0 Å². The van der Waals surface area contributed by atoms with Crippen LogP contribution in [0, 0.1) is 12.7 Å². The first-order valence-corrected chi connectivity index (χ1v) is 9.95. The summed E-state index contributed by atoms with van der Waals surface area (Å²) in [6.45, 7) is 1.66. The molecule has 3 rings (SSSR count). The Morgan fingerprint density at radius 2 is 2.00 bits per heavy atom. The van der Waals surface area contributed by atoms with Crippen LogP contribution in [0.25, 0.3) is 0 Å². The number of halogens is 1. The number of urea groups is 1. The molecule has 6 nitrogen and oxygen atoms in total. The van der Waals surface area contributed by atoms with Gasteiger partial charge in [-0.25, -0.2) is 14.2 Å². The second kappa shape index (κ2) is 8.94. The van der Waals surface area contributed by atoms with Gasteiger partial charge in [0, 0.05) is 17.1 Å². The molecule has 0 spiro atoms. The standard InChI is InChI=1S/C19H23FN4O2S/c1-12-7-8-14(9-16(12)20)21-17(25)10-15-11-27-19(23-15)24-18(26)22-13-5-3-2-4-6-13/h7-9,11,13H,2-6,10H2,1H3,(H,21,25)(H2,22,23,24,26). The van der Waals surface area contributed by atoms with Crippen LogP contribution < -0.4 is 16.0 Å². The van der Waals surface area contributed by atoms with Gasteiger partial charge in [0.15, 0.2) is 5.13 Å². The molecule has 0 radical (unpaired) electrons. The number of rotatable bonds is 5. The molecule has 0 unspecified atom stereocenters. The number of carbonyl (C=O) groups is 2. The van der Waals surface area contributed by atoms with Crippen molar-refractivity contribution in [1.82, 2.24) is 10.3 Å². The Bertz CT molecular complexity index is 818. The lowest BCUT2D eigenvalue weighted by Gasteiger charge is -2.22. The minimum absolute atomic E-state index is 0.0535. The number of hydrogen-bond donors (Lipinski definition) is 3. The molecule has 1 fully saturated rings. The van der Waals surface area contributed by atoms with E-state index in [1.807, 2.05) is 0 Å². The zero-order chi connectivity index (χ0) is 19.2. The molecule has 0 atom stereocenters. The predicted molar refractivity (Wildman–Crippen MR) is 105 cm³/mol. The SMILES string of the molecule is Cc1ccc(NC(=O)Cc2csc(NC(=O)NC3CCCCC3)n2)cc1F. The second-order valence-corrected chi connectivity index (χ2v) is 7.62. The Morgan fingerprint density at radius 1 is 1.22 bits per heavy atom. The maximum atomic E-state index is 13.5. The fraction of sp³-hybridized carbons (Fsp3) is 0.421. The fourth-order valence-electron chi connectivity index (χ4n) is 3.05. The lowest BCUT2D eigenvalue weighted by molar-refractivity contribution is -0.115. The third-order valence-electron chi connectivity index (χ3n) is 4.51. The summed E-state index contributed by atoms with van der Waals surface area (Å²) in [5.74, 6) is -0.654. The summed E-state index contributed by atoms with van der Waals surface area (Å²) in [7, 11) is 0. The molecule has 1 aromatic heterocycles. The molecule has 2 aromatic rings. The van der Waals surface area contributed by atoms with E-state index >= 15 is 0 Å². The van der Waals surface area contributed by atoms with Gasteiger partial charge in [0.2, 0.25) is 5.91 Å². The maximum Gasteiger partial charge on any atom is 0.321 e. The fourth-order valence-corrected chi connectivity index (χ4v) is 3.76. The van der Waals surface area contributed by atoms with Crippen LogP contribution in [0.3, 0.4) is 0 Å². The molecule has 1 aliphatic carbocycles. The third-order valence-corrected chi connectivity index (χ3v) is 5.32. The van der Waals surface area contributed by atoms with Gasteiger partial charge in [-0.2, -0.15) is 0 Å². The van der Waals surface area contributed by atoms with Crippen LogP contribution in [0.4, 0.5) is 20.0 Å². The Morgan fingerprint density at radius 3 is 2.74 bits per heavy atom. The van der Waals surface area contributed by atoms with Crippen LogP contribution in [-0.2, 0) is 11.2 Å². The van der Waals surface area contributed by atoms with Crippen LogP contribution in [0.1, 0.15) is 43.4 Å². The summed E-state index contributed by atoms with van der Waals surface area (Å²) < 4.78 is 13.5. The zero-order valence-electron chi connectivity index (χ0n) is 15.2. The van der Waals surface area contributed by atoms with Gasteiger partial charge in [0.25, 0.3) is 0 Å². The zero-order valence-corrected chi connectivity index (χ0v) is 16.0. The summed E-state index contributed by atoms with van der Waals surface area (Å²) in [5, 5.41) is 10.5. The molecule has 0 saturated heterocycles. The summed E-state index contributed by atoms with van der Waals surface area (Å²) in [6.07, 6.45) is 5.59. The van der Waals surface area contributed by atoms with Crippen molar-refractivity contribution >= 4 is 34.1 Å². The molecule has 8 heteroatoms. The van der Waals surface area contributed by atoms with E-state index in [1.54, 1.807) is 24.4 Å². The number of nitrogens with one attached hydrogen (secondary N) is 3. The Hall–Kier alpha value is -2.48. The average Bonchev–Trinajstić information content (AvgIpc) is 3.05. The van der Waals surface area contributed by atoms with Gasteiger partial charge < -0.3 is 10.6 Å². The number of amides is 3. The molecule has 0 bridgehead atoms. The first-order valence-electron chi connectivity index (χ1n) is 9.07. The number of carbonyl (C=O) groups excluding carboxylic acids is 2. The monoisotopic (exact) mass is 390 g/mol. The van der Waals surface area contributed by atoms with Gasteiger partial charge in [-0.05, 0) is 37.5 Å². The van der Waals surface area contributed by atoms with Crippen molar-refractivity contribution in [3.05, 3.63) is 40.7 Å². The number of aryl methyl sites for hydroxylation is 1. The van der Waals surface area contributed by atoms with Crippen LogP contribution >= 0.6 is 11.3 Å². The third kappa shape index (κ3) is 5.75. The number of hydrogen-bond acceptors (Lipinski definition) is 4. The molecule has 1 heterocycles. The number of aromatic nitrogens is 1. The summed E-state index contributed by atoms with van der Waals surface area (Å²) >= 11 is 1.27. The van der Waals surface area contributed by atoms with Crippen molar-refractivity contribution in [2.45, 2.75) is 51.5 Å². The van der Waals surface area contributed by atoms with Gasteiger partial charge in [0.1, 0.15) is 5.82 Å². The summed E-state index contributed by atoms with van der Waals surface area (Å²) in [5.41, 5.74) is 1.48. The van der Waals surface area contributed by atoms with Crippen molar-refractivity contribution in [3.8, 4) is 0 Å². The Labute approximate surface area is 161 Å². The lowest BCUT2D eigenvalue weighted by Crippen LogP contribution is -2.39. The molecule has 1 saturated carbocycles. The second-order valence-electron chi connectivity index (χ2n) is 6.77. The van der Waals surface area contributed by atoms with E-state index in [9.17, 15) is 14.0 Å². The van der Waals surface area contributed by atoms with Crippen molar-refractivity contribution in [2.75, 3.05) is 10.6 Å². The first-order chi connectivity index (χ1) is 13.0. The highest BCUT2D eigenvalue weighted by Gasteiger charge is 2.16. The number of thiazole rings is 1. The van der Waals surface area contributed by atoms with E-state index in [0.717, 1.165) is 25.7 Å². The molecule has 3 N–H and O–H groups in total. The molecular weight excluding hydrogens is 367 g/mol. The maximum absolute atomic E-state index is 13.5. The van der Waals surface area contributed by atoms with E-state index in [4.69, 9.17) is 0 Å². The van der Waals surface area contributed by atoms with E-state index in [-0.39, 0.29) is 30.2 Å². The Kier molecular flexibility index (Phi) is 6.39. The molecule has 144 valence electrons. The molecular formula is C19H23FN4O2S. The van der Waals surface area contributed by atoms with Crippen LogP contribution in [0.5, 0.6) is 0 Å². The molecule has 3 amide bonds. The highest BCUT2D eigenvalue weighted by atomic mass is 32.1. The van der Waals surface area contributed by atoms with Crippen LogP contribution in [0.2, 0.25) is 0 Å². The molecule has 1 aromatic carbocycles. The van der Waals surface area contributed by atoms with Gasteiger partial charge in [0.05, 0.1) is 12.1 Å². The summed E-state index contributed by atoms with van der Waals surface area (Å²) in [6, 6.07) is 4.51. The Balaban J connectivity index is 1.48. The minimum atomic E-state index is -0.364. The van der Waals surface area contributed by atoms with Crippen molar-refractivity contribution in [3.63, 3.8) is 0 Å². The number of benzene rings is 1. The van der Waals surface area contributed by atoms with Gasteiger partial charge in [-0.1, -0.05) is 25.3 Å². The first kappa shape index (κ1) is 19.3. The highest BCUT2D eigenvalue weighted by Crippen LogP contribution is 2.19. The lowest BCUT2D eigenvalue weighted by atomic mass is 9.96. The molecule has 1 aliphatic rings. The van der Waals surface area contributed by atoms with Gasteiger partial charge in [-0.3, -0.25) is 10.1 Å².